The van der Waals surface area contributed by atoms with Crippen LogP contribution in [0.25, 0.3) is 0 Å². The molecule has 0 rings (SSSR count). The van der Waals surface area contributed by atoms with Crippen molar-refractivity contribution in [1.29, 1.82) is 0 Å². The maximum atomic E-state index is 12.8. The molecule has 0 aliphatic carbocycles. The molecule has 0 radical (unpaired) electrons. The van der Waals surface area contributed by atoms with Crippen LogP contribution in [0.5, 0.6) is 0 Å². The van der Waals surface area contributed by atoms with E-state index in [0.717, 1.165) is 12.8 Å². The lowest BCUT2D eigenvalue weighted by molar-refractivity contribution is -0.164. The van der Waals surface area contributed by atoms with Crippen LogP contribution in [-0.2, 0) is 22.8 Å². The molecule has 0 aliphatic rings. The van der Waals surface area contributed by atoms with E-state index in [1.807, 2.05) is 6.92 Å². The van der Waals surface area contributed by atoms with E-state index in [0.29, 0.717) is 12.0 Å². The molecule has 6 heteroatoms. The van der Waals surface area contributed by atoms with Crippen molar-refractivity contribution >= 4 is 14.8 Å². The molecule has 0 aromatic heterocycles. The Morgan fingerprint density at radius 3 is 1.87 bits per heavy atom. The number of carbonyl (C=O) groups is 1. The van der Waals surface area contributed by atoms with Gasteiger partial charge in [-0.25, -0.2) is 0 Å². The largest absolute Gasteiger partial charge is 0.503 e. The Morgan fingerprint density at radius 2 is 1.52 bits per heavy atom. The van der Waals surface area contributed by atoms with Crippen LogP contribution >= 0.6 is 0 Å². The van der Waals surface area contributed by atoms with Crippen molar-refractivity contribution in [1.82, 2.24) is 0 Å². The molecular weight excluding hydrogens is 312 g/mol. The SMILES string of the molecule is CCC(C)(C)C(C)(CC(C)C)C(=O)OCC[Si](OC)(OC)OC. The van der Waals surface area contributed by atoms with Crippen molar-refractivity contribution in [2.45, 2.75) is 60.4 Å². The lowest BCUT2D eigenvalue weighted by Crippen LogP contribution is -2.46. The van der Waals surface area contributed by atoms with E-state index in [9.17, 15) is 4.79 Å². The van der Waals surface area contributed by atoms with Gasteiger partial charge in [0.15, 0.2) is 0 Å². The van der Waals surface area contributed by atoms with Crippen LogP contribution in [-0.4, -0.2) is 42.7 Å². The maximum absolute atomic E-state index is 12.8. The van der Waals surface area contributed by atoms with Crippen molar-refractivity contribution in [2.75, 3.05) is 27.9 Å². The number of carbonyl (C=O) groups excluding carboxylic acids is 1. The Labute approximate surface area is 143 Å². The van der Waals surface area contributed by atoms with Gasteiger partial charge >= 0.3 is 14.8 Å². The van der Waals surface area contributed by atoms with E-state index in [1.54, 1.807) is 21.3 Å². The lowest BCUT2D eigenvalue weighted by Gasteiger charge is -2.43. The molecule has 0 bridgehead atoms. The zero-order valence-corrected chi connectivity index (χ0v) is 17.4. The summed E-state index contributed by atoms with van der Waals surface area (Å²) in [4.78, 5) is 12.8. The second-order valence-electron chi connectivity index (χ2n) is 7.35. The van der Waals surface area contributed by atoms with Crippen molar-refractivity contribution in [3.05, 3.63) is 0 Å². The summed E-state index contributed by atoms with van der Waals surface area (Å²) in [6, 6.07) is 0.451. The Morgan fingerprint density at radius 1 is 1.04 bits per heavy atom. The van der Waals surface area contributed by atoms with E-state index in [4.69, 9.17) is 18.0 Å². The molecule has 1 atom stereocenters. The van der Waals surface area contributed by atoms with Crippen LogP contribution in [0, 0.1) is 16.7 Å². The van der Waals surface area contributed by atoms with Crippen LogP contribution in [0.1, 0.15) is 54.4 Å². The van der Waals surface area contributed by atoms with E-state index in [2.05, 4.69) is 34.6 Å². The number of hydrogen-bond donors (Lipinski definition) is 0. The standard InChI is InChI=1S/C17H36O5Si/c1-10-16(4,5)17(6,13-14(2)3)15(18)22-11-12-23(19-7,20-8)21-9/h14H,10-13H2,1-9H3. The van der Waals surface area contributed by atoms with E-state index in [-0.39, 0.29) is 18.0 Å². The fourth-order valence-corrected chi connectivity index (χ4v) is 4.29. The molecule has 0 aromatic rings. The highest BCUT2D eigenvalue weighted by atomic mass is 28.4. The molecule has 1 unspecified atom stereocenters. The molecule has 0 aromatic carbocycles. The van der Waals surface area contributed by atoms with E-state index in [1.165, 1.54) is 0 Å². The minimum absolute atomic E-state index is 0.132. The molecule has 0 saturated carbocycles. The second kappa shape index (κ2) is 9.16. The molecule has 5 nitrogen and oxygen atoms in total. The normalized spacial score (nSPS) is 15.6. The first kappa shape index (κ1) is 22.6. The Kier molecular flexibility index (Phi) is 8.98. The number of rotatable bonds is 11. The summed E-state index contributed by atoms with van der Waals surface area (Å²) in [7, 11) is 1.97. The molecule has 0 amide bonds. The van der Waals surface area contributed by atoms with Crippen LogP contribution in [0.2, 0.25) is 6.04 Å². The minimum Gasteiger partial charge on any atom is -0.465 e. The number of ether oxygens (including phenoxy) is 1. The monoisotopic (exact) mass is 348 g/mol. The van der Waals surface area contributed by atoms with Crippen molar-refractivity contribution in [3.63, 3.8) is 0 Å². The summed E-state index contributed by atoms with van der Waals surface area (Å²) in [6.07, 6.45) is 1.71. The predicted octanol–water partition coefficient (Wildman–Crippen LogP) is 3.90. The summed E-state index contributed by atoms with van der Waals surface area (Å²) >= 11 is 0. The first-order valence-electron chi connectivity index (χ1n) is 8.36. The number of esters is 1. The van der Waals surface area contributed by atoms with E-state index >= 15 is 0 Å². The van der Waals surface area contributed by atoms with Gasteiger partial charge in [-0.3, -0.25) is 4.79 Å². The molecule has 0 heterocycles. The first-order chi connectivity index (χ1) is 10.5. The predicted molar refractivity (Wildman–Crippen MR) is 94.2 cm³/mol. The third kappa shape index (κ3) is 5.55. The molecule has 0 N–H and O–H groups in total. The summed E-state index contributed by atoms with van der Waals surface area (Å²) in [5.41, 5.74) is -0.653. The van der Waals surface area contributed by atoms with Crippen molar-refractivity contribution in [2.24, 2.45) is 16.7 Å². The van der Waals surface area contributed by atoms with Crippen molar-refractivity contribution < 1.29 is 22.8 Å². The van der Waals surface area contributed by atoms with Gasteiger partial charge in [0, 0.05) is 21.3 Å². The van der Waals surface area contributed by atoms with Gasteiger partial charge in [-0.05, 0) is 31.1 Å². The summed E-state index contributed by atoms with van der Waals surface area (Å²) in [5.74, 6) is 0.271. The third-order valence-electron chi connectivity index (χ3n) is 5.22. The minimum atomic E-state index is -2.71. The molecule has 138 valence electrons. The van der Waals surface area contributed by atoms with Crippen LogP contribution in [0.3, 0.4) is 0 Å². The van der Waals surface area contributed by atoms with Gasteiger partial charge in [-0.15, -0.1) is 0 Å². The van der Waals surface area contributed by atoms with E-state index < -0.39 is 14.2 Å². The first-order valence-corrected chi connectivity index (χ1v) is 10.3. The molecule has 0 spiro atoms. The zero-order chi connectivity index (χ0) is 18.3. The summed E-state index contributed by atoms with van der Waals surface area (Å²) in [5, 5.41) is 0. The maximum Gasteiger partial charge on any atom is 0.503 e. The Bertz CT molecular complexity index is 358. The molecule has 0 fully saturated rings. The summed E-state index contributed by atoms with van der Waals surface area (Å²) < 4.78 is 21.7. The third-order valence-corrected chi connectivity index (χ3v) is 7.90. The fraction of sp³-hybridized carbons (Fsp3) is 0.941. The molecule has 0 saturated heterocycles. The second-order valence-corrected chi connectivity index (χ2v) is 10.4. The van der Waals surface area contributed by atoms with Crippen molar-refractivity contribution in [3.8, 4) is 0 Å². The molecular formula is C17H36O5Si. The van der Waals surface area contributed by atoms with Crippen LogP contribution in [0.15, 0.2) is 0 Å². The van der Waals surface area contributed by atoms with Gasteiger partial charge in [-0.2, -0.15) is 0 Å². The van der Waals surface area contributed by atoms with Gasteiger partial charge in [0.2, 0.25) is 0 Å². The van der Waals surface area contributed by atoms with Gasteiger partial charge in [0.05, 0.1) is 18.1 Å². The van der Waals surface area contributed by atoms with Gasteiger partial charge < -0.3 is 18.0 Å². The van der Waals surface area contributed by atoms with Gasteiger partial charge in [-0.1, -0.05) is 34.6 Å². The molecule has 0 aliphatic heterocycles. The van der Waals surface area contributed by atoms with Gasteiger partial charge in [0.25, 0.3) is 0 Å². The fourth-order valence-electron chi connectivity index (χ4n) is 2.83. The van der Waals surface area contributed by atoms with Crippen LogP contribution < -0.4 is 0 Å². The zero-order valence-electron chi connectivity index (χ0n) is 16.4. The average molecular weight is 349 g/mol. The quantitative estimate of drug-likeness (QED) is 0.419. The van der Waals surface area contributed by atoms with Gasteiger partial charge in [0.1, 0.15) is 0 Å². The Balaban J connectivity index is 5.01. The Hall–Kier alpha value is -0.433. The highest BCUT2D eigenvalue weighted by molar-refractivity contribution is 6.60. The molecule has 23 heavy (non-hydrogen) atoms. The lowest BCUT2D eigenvalue weighted by atomic mass is 9.62. The van der Waals surface area contributed by atoms with Crippen LogP contribution in [0.4, 0.5) is 0 Å². The smallest absolute Gasteiger partial charge is 0.465 e. The highest BCUT2D eigenvalue weighted by Gasteiger charge is 2.48. The summed E-state index contributed by atoms with van der Waals surface area (Å²) in [6.45, 7) is 12.9. The average Bonchev–Trinajstić information content (AvgIpc) is 2.50. The number of hydrogen-bond acceptors (Lipinski definition) is 5. The topological polar surface area (TPSA) is 54.0 Å². The highest BCUT2D eigenvalue weighted by Crippen LogP contribution is 2.47.